The van der Waals surface area contributed by atoms with Gasteiger partial charge in [0.05, 0.1) is 12.5 Å². The van der Waals surface area contributed by atoms with Crippen molar-refractivity contribution in [3.05, 3.63) is 48.0 Å². The molecule has 94 valence electrons. The molecule has 2 rings (SSSR count). The summed E-state index contributed by atoms with van der Waals surface area (Å²) in [6.07, 6.45) is -2.97. The fourth-order valence-electron chi connectivity index (χ4n) is 1.90. The Labute approximate surface area is 104 Å². The van der Waals surface area contributed by atoms with Gasteiger partial charge in [-0.2, -0.15) is 0 Å². The molecule has 0 bridgehead atoms. The van der Waals surface area contributed by atoms with E-state index in [2.05, 4.69) is 0 Å². The average Bonchev–Trinajstić information content (AvgIpc) is 2.36. The zero-order valence-electron chi connectivity index (χ0n) is 9.65. The van der Waals surface area contributed by atoms with Crippen molar-refractivity contribution in [3.63, 3.8) is 0 Å². The number of fused-ring (bicyclic) bond motifs is 1. The molecule has 0 saturated carbocycles. The summed E-state index contributed by atoms with van der Waals surface area (Å²) in [4.78, 5) is 10.5. The molecule has 0 amide bonds. The summed E-state index contributed by atoms with van der Waals surface area (Å²) in [5.74, 6) is -1.14. The van der Waals surface area contributed by atoms with Crippen LogP contribution in [0.25, 0.3) is 10.8 Å². The highest BCUT2D eigenvalue weighted by molar-refractivity contribution is 5.83. The molecular formula is C14H14O4. The molecule has 0 radical (unpaired) electrons. The van der Waals surface area contributed by atoms with Crippen LogP contribution in [0, 0.1) is 0 Å². The number of aliphatic hydroxyl groups excluding tert-OH is 2. The van der Waals surface area contributed by atoms with Gasteiger partial charge < -0.3 is 15.3 Å². The van der Waals surface area contributed by atoms with Gasteiger partial charge >= 0.3 is 5.97 Å². The first-order chi connectivity index (χ1) is 8.58. The molecule has 0 aromatic heterocycles. The van der Waals surface area contributed by atoms with Gasteiger partial charge in [-0.15, -0.1) is 0 Å². The number of carboxylic acids is 1. The fraction of sp³-hybridized carbons (Fsp3) is 0.214. The molecule has 0 aliphatic heterocycles. The zero-order chi connectivity index (χ0) is 13.1. The molecule has 4 nitrogen and oxygen atoms in total. The number of rotatable bonds is 4. The van der Waals surface area contributed by atoms with Gasteiger partial charge in [-0.3, -0.25) is 4.79 Å². The van der Waals surface area contributed by atoms with Crippen LogP contribution >= 0.6 is 0 Å². The number of benzene rings is 2. The lowest BCUT2D eigenvalue weighted by Crippen LogP contribution is -2.21. The van der Waals surface area contributed by atoms with E-state index >= 15 is 0 Å². The second kappa shape index (κ2) is 5.16. The van der Waals surface area contributed by atoms with E-state index in [1.165, 1.54) is 0 Å². The number of hydrogen-bond donors (Lipinski definition) is 3. The molecular weight excluding hydrogens is 232 g/mol. The van der Waals surface area contributed by atoms with Crippen LogP contribution in [0.1, 0.15) is 18.1 Å². The topological polar surface area (TPSA) is 77.8 Å². The molecule has 18 heavy (non-hydrogen) atoms. The highest BCUT2D eigenvalue weighted by Crippen LogP contribution is 2.23. The van der Waals surface area contributed by atoms with Crippen molar-refractivity contribution < 1.29 is 20.1 Å². The quantitative estimate of drug-likeness (QED) is 0.767. The van der Waals surface area contributed by atoms with Gasteiger partial charge in [-0.05, 0) is 22.4 Å². The van der Waals surface area contributed by atoms with Crippen molar-refractivity contribution in [2.75, 3.05) is 0 Å². The molecule has 0 spiro atoms. The summed E-state index contributed by atoms with van der Waals surface area (Å²) in [6.45, 7) is 0. The number of hydrogen-bond acceptors (Lipinski definition) is 3. The van der Waals surface area contributed by atoms with Gasteiger partial charge in [0.25, 0.3) is 0 Å². The molecule has 0 saturated heterocycles. The number of carboxylic acid groups (broad SMARTS) is 1. The van der Waals surface area contributed by atoms with Crippen molar-refractivity contribution >= 4 is 16.7 Å². The Kier molecular flexibility index (Phi) is 3.60. The van der Waals surface area contributed by atoms with Crippen molar-refractivity contribution in [3.8, 4) is 0 Å². The lowest BCUT2D eigenvalue weighted by molar-refractivity contribution is -0.141. The Hall–Kier alpha value is -1.91. The van der Waals surface area contributed by atoms with Gasteiger partial charge in [0.15, 0.2) is 0 Å². The van der Waals surface area contributed by atoms with E-state index in [1.54, 1.807) is 12.1 Å². The van der Waals surface area contributed by atoms with E-state index in [9.17, 15) is 15.0 Å². The molecule has 2 atom stereocenters. The maximum Gasteiger partial charge on any atom is 0.306 e. The minimum Gasteiger partial charge on any atom is -0.481 e. The Balaban J connectivity index is 2.27. The molecule has 3 N–H and O–H groups in total. The van der Waals surface area contributed by atoms with Crippen molar-refractivity contribution in [2.45, 2.75) is 18.6 Å². The second-order valence-electron chi connectivity index (χ2n) is 4.22. The maximum atomic E-state index is 10.5. The number of aliphatic carboxylic acids is 1. The third-order valence-corrected chi connectivity index (χ3v) is 2.86. The Morgan fingerprint density at radius 2 is 1.72 bits per heavy atom. The maximum absolute atomic E-state index is 10.5. The van der Waals surface area contributed by atoms with Gasteiger partial charge in [0.1, 0.15) is 6.10 Å². The van der Waals surface area contributed by atoms with Gasteiger partial charge in [0, 0.05) is 0 Å². The minimum atomic E-state index is -1.30. The monoisotopic (exact) mass is 246 g/mol. The largest absolute Gasteiger partial charge is 0.481 e. The predicted molar refractivity (Wildman–Crippen MR) is 67.2 cm³/mol. The normalized spacial score (nSPS) is 14.3. The summed E-state index contributed by atoms with van der Waals surface area (Å²) < 4.78 is 0. The molecule has 2 aromatic rings. The zero-order valence-corrected chi connectivity index (χ0v) is 9.65. The standard InChI is InChI=1S/C14H14O4/c15-12(8-13(16)17)14(18)11-6-5-9-3-1-2-4-10(9)7-11/h1-7,12,14-15,18H,8H2,(H,16,17). The second-order valence-corrected chi connectivity index (χ2v) is 4.22. The molecule has 4 heteroatoms. The Morgan fingerprint density at radius 1 is 1.06 bits per heavy atom. The number of aliphatic hydroxyl groups is 2. The van der Waals surface area contributed by atoms with E-state index in [-0.39, 0.29) is 0 Å². The van der Waals surface area contributed by atoms with Crippen molar-refractivity contribution in [1.82, 2.24) is 0 Å². The molecule has 0 heterocycles. The van der Waals surface area contributed by atoms with Crippen LogP contribution in [0.5, 0.6) is 0 Å². The van der Waals surface area contributed by atoms with E-state index < -0.39 is 24.6 Å². The SMILES string of the molecule is O=C(O)CC(O)C(O)c1ccc2ccccc2c1. The Morgan fingerprint density at radius 3 is 2.39 bits per heavy atom. The molecule has 2 aromatic carbocycles. The van der Waals surface area contributed by atoms with E-state index in [0.29, 0.717) is 5.56 Å². The van der Waals surface area contributed by atoms with Crippen LogP contribution < -0.4 is 0 Å². The summed E-state index contributed by atoms with van der Waals surface area (Å²) in [6, 6.07) is 12.9. The van der Waals surface area contributed by atoms with Crippen LogP contribution in [-0.4, -0.2) is 27.4 Å². The molecule has 0 fully saturated rings. The highest BCUT2D eigenvalue weighted by atomic mass is 16.4. The van der Waals surface area contributed by atoms with Crippen LogP contribution in [0.2, 0.25) is 0 Å². The lowest BCUT2D eigenvalue weighted by Gasteiger charge is -2.16. The highest BCUT2D eigenvalue weighted by Gasteiger charge is 2.21. The fourth-order valence-corrected chi connectivity index (χ4v) is 1.90. The predicted octanol–water partition coefficient (Wildman–Crippen LogP) is 1.71. The summed E-state index contributed by atoms with van der Waals surface area (Å²) in [5, 5.41) is 30.0. The summed E-state index contributed by atoms with van der Waals surface area (Å²) in [7, 11) is 0. The molecule has 0 aliphatic carbocycles. The average molecular weight is 246 g/mol. The van der Waals surface area contributed by atoms with E-state index in [4.69, 9.17) is 5.11 Å². The first-order valence-corrected chi connectivity index (χ1v) is 5.64. The van der Waals surface area contributed by atoms with Crippen LogP contribution in [-0.2, 0) is 4.79 Å². The molecule has 2 unspecified atom stereocenters. The third kappa shape index (κ3) is 2.67. The van der Waals surface area contributed by atoms with Crippen molar-refractivity contribution in [2.24, 2.45) is 0 Å². The van der Waals surface area contributed by atoms with E-state index in [0.717, 1.165) is 10.8 Å². The van der Waals surface area contributed by atoms with Gasteiger partial charge in [0.2, 0.25) is 0 Å². The van der Waals surface area contributed by atoms with Crippen LogP contribution in [0.15, 0.2) is 42.5 Å². The third-order valence-electron chi connectivity index (χ3n) is 2.86. The van der Waals surface area contributed by atoms with Crippen LogP contribution in [0.3, 0.4) is 0 Å². The minimum absolute atomic E-state index is 0.478. The summed E-state index contributed by atoms with van der Waals surface area (Å²) >= 11 is 0. The van der Waals surface area contributed by atoms with Crippen LogP contribution in [0.4, 0.5) is 0 Å². The summed E-state index contributed by atoms with van der Waals surface area (Å²) in [5.41, 5.74) is 0.516. The van der Waals surface area contributed by atoms with E-state index in [1.807, 2.05) is 30.3 Å². The lowest BCUT2D eigenvalue weighted by atomic mass is 9.99. The number of carbonyl (C=O) groups is 1. The van der Waals surface area contributed by atoms with Gasteiger partial charge in [-0.1, -0.05) is 36.4 Å². The van der Waals surface area contributed by atoms with Gasteiger partial charge in [-0.25, -0.2) is 0 Å². The Bertz CT molecular complexity index is 564. The van der Waals surface area contributed by atoms with Crippen molar-refractivity contribution in [1.29, 1.82) is 0 Å². The first kappa shape index (κ1) is 12.5. The smallest absolute Gasteiger partial charge is 0.306 e. The molecule has 0 aliphatic rings. The first-order valence-electron chi connectivity index (χ1n) is 5.64.